The molecular formula is C25H32N4O2. The van der Waals surface area contributed by atoms with Gasteiger partial charge < -0.3 is 10.6 Å². The van der Waals surface area contributed by atoms with Gasteiger partial charge in [-0.2, -0.15) is 0 Å². The van der Waals surface area contributed by atoms with Crippen LogP contribution in [0.5, 0.6) is 0 Å². The number of nitrogens with zero attached hydrogens (tertiary/aromatic N) is 3. The van der Waals surface area contributed by atoms with Gasteiger partial charge in [0.25, 0.3) is 0 Å². The molecule has 6 heteroatoms. The number of pyridine rings is 1. The number of primary amides is 1. The predicted octanol–water partition coefficient (Wildman–Crippen LogP) is 3.43. The summed E-state index contributed by atoms with van der Waals surface area (Å²) in [7, 11) is 0. The third kappa shape index (κ3) is 5.13. The Morgan fingerprint density at radius 1 is 1.03 bits per heavy atom. The number of carbonyl (C=O) groups is 2. The van der Waals surface area contributed by atoms with E-state index in [0.29, 0.717) is 24.1 Å². The third-order valence-corrected chi connectivity index (χ3v) is 6.81. The number of benzene rings is 1. The highest BCUT2D eigenvalue weighted by Crippen LogP contribution is 2.29. The van der Waals surface area contributed by atoms with E-state index in [4.69, 9.17) is 10.7 Å². The van der Waals surface area contributed by atoms with Crippen molar-refractivity contribution in [1.82, 2.24) is 14.8 Å². The number of rotatable bonds is 5. The molecule has 0 radical (unpaired) electrons. The molecule has 0 unspecified atom stereocenters. The van der Waals surface area contributed by atoms with Gasteiger partial charge in [-0.25, -0.2) is 0 Å². The second-order valence-corrected chi connectivity index (χ2v) is 8.89. The van der Waals surface area contributed by atoms with Crippen LogP contribution in [0.3, 0.4) is 0 Å². The first-order chi connectivity index (χ1) is 15.0. The maximum Gasteiger partial charge on any atom is 0.248 e. The second kappa shape index (κ2) is 9.60. The van der Waals surface area contributed by atoms with Crippen molar-refractivity contribution in [3.63, 3.8) is 0 Å². The number of nitrogens with two attached hydrogens (primary N) is 1. The number of likely N-dealkylation sites (tertiary alicyclic amines) is 2. The predicted molar refractivity (Wildman–Crippen MR) is 122 cm³/mol. The molecule has 2 N–H and O–H groups in total. The van der Waals surface area contributed by atoms with Gasteiger partial charge in [-0.15, -0.1) is 0 Å². The van der Waals surface area contributed by atoms with Gasteiger partial charge in [0.1, 0.15) is 0 Å². The molecule has 2 amide bonds. The van der Waals surface area contributed by atoms with E-state index >= 15 is 0 Å². The summed E-state index contributed by atoms with van der Waals surface area (Å²) < 4.78 is 0. The van der Waals surface area contributed by atoms with Crippen LogP contribution in [0.2, 0.25) is 0 Å². The Labute approximate surface area is 184 Å². The molecule has 2 aromatic rings. The zero-order valence-corrected chi connectivity index (χ0v) is 18.3. The van der Waals surface area contributed by atoms with E-state index in [9.17, 15) is 9.59 Å². The van der Waals surface area contributed by atoms with Crippen molar-refractivity contribution in [2.24, 2.45) is 5.73 Å². The van der Waals surface area contributed by atoms with Crippen LogP contribution < -0.4 is 5.73 Å². The summed E-state index contributed by atoms with van der Waals surface area (Å²) in [6.07, 6.45) is 7.44. The number of carbonyl (C=O) groups excluding carboxylic acids is 2. The summed E-state index contributed by atoms with van der Waals surface area (Å²) in [5, 5.41) is 0. The zero-order valence-electron chi connectivity index (χ0n) is 18.3. The lowest BCUT2D eigenvalue weighted by atomic mass is 9.92. The van der Waals surface area contributed by atoms with Crippen LogP contribution in [0, 0.1) is 0 Å². The molecule has 0 bridgehead atoms. The van der Waals surface area contributed by atoms with Crippen LogP contribution in [0.1, 0.15) is 61.0 Å². The minimum atomic E-state index is -0.428. The van der Waals surface area contributed by atoms with Crippen molar-refractivity contribution >= 4 is 11.8 Å². The van der Waals surface area contributed by atoms with E-state index in [2.05, 4.69) is 24.0 Å². The Morgan fingerprint density at radius 3 is 2.52 bits per heavy atom. The van der Waals surface area contributed by atoms with Crippen molar-refractivity contribution in [2.75, 3.05) is 26.2 Å². The topological polar surface area (TPSA) is 79.5 Å². The molecule has 6 nitrogen and oxygen atoms in total. The van der Waals surface area contributed by atoms with Crippen LogP contribution >= 0.6 is 0 Å². The monoisotopic (exact) mass is 420 g/mol. The smallest absolute Gasteiger partial charge is 0.248 e. The minimum Gasteiger partial charge on any atom is -0.366 e. The van der Waals surface area contributed by atoms with Crippen LogP contribution in [0.15, 0.2) is 42.6 Å². The molecule has 4 rings (SSSR count). The minimum absolute atomic E-state index is 0.268. The normalized spacial score (nSPS) is 20.5. The van der Waals surface area contributed by atoms with Gasteiger partial charge in [-0.3, -0.25) is 19.5 Å². The van der Waals surface area contributed by atoms with E-state index < -0.39 is 5.91 Å². The summed E-state index contributed by atoms with van der Waals surface area (Å²) in [4.78, 5) is 33.3. The van der Waals surface area contributed by atoms with E-state index in [1.54, 1.807) is 12.1 Å². The highest BCUT2D eigenvalue weighted by atomic mass is 16.2. The van der Waals surface area contributed by atoms with Gasteiger partial charge in [-0.05, 0) is 62.9 Å². The molecule has 2 aliphatic heterocycles. The number of piperidine rings is 2. The van der Waals surface area contributed by atoms with Crippen LogP contribution in [0.25, 0.3) is 11.1 Å². The lowest BCUT2D eigenvalue weighted by Gasteiger charge is -2.36. The van der Waals surface area contributed by atoms with E-state index in [1.807, 2.05) is 23.2 Å². The molecule has 1 aromatic carbocycles. The Kier molecular flexibility index (Phi) is 6.66. The molecule has 2 aliphatic rings. The lowest BCUT2D eigenvalue weighted by molar-refractivity contribution is -0.134. The fraction of sp³-hybridized carbons (Fsp3) is 0.480. The van der Waals surface area contributed by atoms with Crippen molar-refractivity contribution < 1.29 is 9.59 Å². The second-order valence-electron chi connectivity index (χ2n) is 8.89. The van der Waals surface area contributed by atoms with Crippen molar-refractivity contribution in [3.8, 4) is 11.1 Å². The van der Waals surface area contributed by atoms with Gasteiger partial charge >= 0.3 is 0 Å². The average Bonchev–Trinajstić information content (AvgIpc) is 2.81. The highest BCUT2D eigenvalue weighted by molar-refractivity contribution is 5.94. The number of hydrogen-bond acceptors (Lipinski definition) is 4. The summed E-state index contributed by atoms with van der Waals surface area (Å²) in [6, 6.07) is 11.9. The van der Waals surface area contributed by atoms with Gasteiger partial charge in [-0.1, -0.05) is 24.6 Å². The third-order valence-electron chi connectivity index (χ3n) is 6.81. The van der Waals surface area contributed by atoms with Crippen LogP contribution in [0.4, 0.5) is 0 Å². The van der Waals surface area contributed by atoms with Gasteiger partial charge in [0.2, 0.25) is 11.8 Å². The lowest BCUT2D eigenvalue weighted by Crippen LogP contribution is -2.47. The Balaban J connectivity index is 1.33. The average molecular weight is 421 g/mol. The maximum atomic E-state index is 12.8. The highest BCUT2D eigenvalue weighted by Gasteiger charge is 2.27. The van der Waals surface area contributed by atoms with Gasteiger partial charge in [0, 0.05) is 48.1 Å². The van der Waals surface area contributed by atoms with E-state index in [-0.39, 0.29) is 5.91 Å². The van der Waals surface area contributed by atoms with Crippen LogP contribution in [-0.4, -0.2) is 58.8 Å². The van der Waals surface area contributed by atoms with Gasteiger partial charge in [0.05, 0.1) is 6.54 Å². The molecule has 0 saturated carbocycles. The Bertz CT molecular complexity index is 919. The molecule has 3 heterocycles. The van der Waals surface area contributed by atoms with Gasteiger partial charge in [0.15, 0.2) is 0 Å². The molecule has 164 valence electrons. The van der Waals surface area contributed by atoms with Crippen LogP contribution in [-0.2, 0) is 4.79 Å². The zero-order chi connectivity index (χ0) is 21.8. The number of hydrogen-bond donors (Lipinski definition) is 1. The van der Waals surface area contributed by atoms with E-state index in [0.717, 1.165) is 49.3 Å². The van der Waals surface area contributed by atoms with Crippen molar-refractivity contribution in [3.05, 3.63) is 53.9 Å². The van der Waals surface area contributed by atoms with Crippen molar-refractivity contribution in [2.45, 2.75) is 51.0 Å². The molecule has 0 spiro atoms. The number of aromatic nitrogens is 1. The summed E-state index contributed by atoms with van der Waals surface area (Å²) in [5.74, 6) is 0.219. The SMILES string of the molecule is C[C@H]1CCCCN1CC(=O)N1CCC(c2ccc(-c3cccc(C(N)=O)c3)cn2)CC1. The molecular weight excluding hydrogens is 388 g/mol. The fourth-order valence-electron chi connectivity index (χ4n) is 4.76. The standard InChI is InChI=1S/C25H32N4O2/c1-18-5-2-3-12-29(18)17-24(30)28-13-10-19(11-14-28)23-9-8-22(16-27-23)20-6-4-7-21(15-20)25(26)31/h4,6-9,15-16,18-19H,2-3,5,10-14,17H2,1H3,(H2,26,31)/t18-/m0/s1. The fourth-order valence-corrected chi connectivity index (χ4v) is 4.76. The Morgan fingerprint density at radius 2 is 1.84 bits per heavy atom. The summed E-state index contributed by atoms with van der Waals surface area (Å²) in [5.41, 5.74) is 8.86. The Hall–Kier alpha value is -2.73. The summed E-state index contributed by atoms with van der Waals surface area (Å²) in [6.45, 7) is 5.44. The molecule has 2 saturated heterocycles. The molecule has 0 aliphatic carbocycles. The first-order valence-electron chi connectivity index (χ1n) is 11.4. The largest absolute Gasteiger partial charge is 0.366 e. The summed E-state index contributed by atoms with van der Waals surface area (Å²) >= 11 is 0. The van der Waals surface area contributed by atoms with E-state index in [1.165, 1.54) is 19.3 Å². The maximum absolute atomic E-state index is 12.8. The number of amides is 2. The van der Waals surface area contributed by atoms with Crippen molar-refractivity contribution in [1.29, 1.82) is 0 Å². The molecule has 1 aromatic heterocycles. The molecule has 2 fully saturated rings. The molecule has 1 atom stereocenters. The molecule has 31 heavy (non-hydrogen) atoms. The quantitative estimate of drug-likeness (QED) is 0.804. The first-order valence-corrected chi connectivity index (χ1v) is 11.4. The first kappa shape index (κ1) is 21.5.